The predicted octanol–water partition coefficient (Wildman–Crippen LogP) is 2.35. The van der Waals surface area contributed by atoms with Crippen LogP contribution in [-0.2, 0) is 9.47 Å². The van der Waals surface area contributed by atoms with Crippen LogP contribution in [0.1, 0.15) is 27.2 Å². The average molecular weight is 170 g/mol. The Hall–Kier alpha value is -0.500. The second-order valence-corrected chi connectivity index (χ2v) is 3.63. The van der Waals surface area contributed by atoms with E-state index in [0.717, 1.165) is 18.8 Å². The van der Waals surface area contributed by atoms with E-state index in [1.807, 2.05) is 6.92 Å². The van der Waals surface area contributed by atoms with E-state index in [0.29, 0.717) is 5.92 Å². The molecule has 0 saturated carbocycles. The maximum absolute atomic E-state index is 5.48. The lowest BCUT2D eigenvalue weighted by atomic mass is 9.96. The van der Waals surface area contributed by atoms with Gasteiger partial charge in [0.1, 0.15) is 11.9 Å². The van der Waals surface area contributed by atoms with Crippen LogP contribution in [0, 0.1) is 5.92 Å². The summed E-state index contributed by atoms with van der Waals surface area (Å²) in [6.45, 7) is 10.9. The van der Waals surface area contributed by atoms with Crippen LogP contribution in [0.2, 0.25) is 0 Å². The number of rotatable bonds is 4. The first-order valence-corrected chi connectivity index (χ1v) is 4.62. The Morgan fingerprint density at radius 3 is 2.67 bits per heavy atom. The standard InChI is InChI=1S/C10H18O2/c1-5-11-10-8(4)12-9(10)6-7(2)3/h7,9-10H,4-6H2,1-3H3. The second-order valence-electron chi connectivity index (χ2n) is 3.63. The van der Waals surface area contributed by atoms with Gasteiger partial charge in [0.05, 0.1) is 0 Å². The number of ether oxygens (including phenoxy) is 2. The van der Waals surface area contributed by atoms with E-state index in [9.17, 15) is 0 Å². The van der Waals surface area contributed by atoms with Gasteiger partial charge in [-0.1, -0.05) is 20.4 Å². The van der Waals surface area contributed by atoms with Gasteiger partial charge in [-0.3, -0.25) is 0 Å². The fraction of sp³-hybridized carbons (Fsp3) is 0.800. The summed E-state index contributed by atoms with van der Waals surface area (Å²) < 4.78 is 10.9. The molecule has 1 aliphatic heterocycles. The zero-order valence-corrected chi connectivity index (χ0v) is 8.17. The van der Waals surface area contributed by atoms with Gasteiger partial charge < -0.3 is 9.47 Å². The third-order valence-corrected chi connectivity index (χ3v) is 2.01. The van der Waals surface area contributed by atoms with Crippen LogP contribution >= 0.6 is 0 Å². The van der Waals surface area contributed by atoms with Crippen LogP contribution in [0.5, 0.6) is 0 Å². The van der Waals surface area contributed by atoms with Crippen LogP contribution in [0.3, 0.4) is 0 Å². The summed E-state index contributed by atoms with van der Waals surface area (Å²) in [5, 5.41) is 0. The van der Waals surface area contributed by atoms with Crippen molar-refractivity contribution in [3.05, 3.63) is 12.3 Å². The van der Waals surface area contributed by atoms with Crippen molar-refractivity contribution in [2.75, 3.05) is 6.61 Å². The average Bonchev–Trinajstić information content (AvgIpc) is 1.99. The van der Waals surface area contributed by atoms with Crippen molar-refractivity contribution in [2.45, 2.75) is 39.4 Å². The smallest absolute Gasteiger partial charge is 0.150 e. The zero-order valence-electron chi connectivity index (χ0n) is 8.17. The van der Waals surface area contributed by atoms with Crippen LogP contribution < -0.4 is 0 Å². The van der Waals surface area contributed by atoms with E-state index >= 15 is 0 Å². The fourth-order valence-electron chi connectivity index (χ4n) is 1.47. The molecular formula is C10H18O2. The topological polar surface area (TPSA) is 18.5 Å². The maximum Gasteiger partial charge on any atom is 0.150 e. The molecular weight excluding hydrogens is 152 g/mol. The van der Waals surface area contributed by atoms with E-state index in [-0.39, 0.29) is 12.2 Å². The molecule has 1 aliphatic rings. The molecule has 1 rings (SSSR count). The Kier molecular flexibility index (Phi) is 3.15. The fourth-order valence-corrected chi connectivity index (χ4v) is 1.47. The minimum absolute atomic E-state index is 0.150. The molecule has 2 unspecified atom stereocenters. The first kappa shape index (κ1) is 9.59. The van der Waals surface area contributed by atoms with Crippen LogP contribution in [0.4, 0.5) is 0 Å². The van der Waals surface area contributed by atoms with Gasteiger partial charge in [-0.2, -0.15) is 0 Å². The molecule has 1 saturated heterocycles. The molecule has 70 valence electrons. The van der Waals surface area contributed by atoms with Crippen LogP contribution in [-0.4, -0.2) is 18.8 Å². The quantitative estimate of drug-likeness (QED) is 0.644. The number of hydrogen-bond donors (Lipinski definition) is 0. The Morgan fingerprint density at radius 1 is 1.58 bits per heavy atom. The molecule has 1 heterocycles. The lowest BCUT2D eigenvalue weighted by Gasteiger charge is -2.39. The maximum atomic E-state index is 5.48. The highest BCUT2D eigenvalue weighted by atomic mass is 16.6. The van der Waals surface area contributed by atoms with E-state index < -0.39 is 0 Å². The normalized spacial score (nSPS) is 28.5. The first-order chi connectivity index (χ1) is 5.65. The van der Waals surface area contributed by atoms with Gasteiger partial charge in [0.15, 0.2) is 6.10 Å². The Morgan fingerprint density at radius 2 is 2.25 bits per heavy atom. The first-order valence-electron chi connectivity index (χ1n) is 4.62. The van der Waals surface area contributed by atoms with Crippen molar-refractivity contribution < 1.29 is 9.47 Å². The van der Waals surface area contributed by atoms with Gasteiger partial charge in [0, 0.05) is 6.61 Å². The monoisotopic (exact) mass is 170 g/mol. The number of hydrogen-bond acceptors (Lipinski definition) is 2. The summed E-state index contributed by atoms with van der Waals surface area (Å²) in [6, 6.07) is 0. The van der Waals surface area contributed by atoms with Crippen molar-refractivity contribution in [1.29, 1.82) is 0 Å². The van der Waals surface area contributed by atoms with Gasteiger partial charge in [0.25, 0.3) is 0 Å². The van der Waals surface area contributed by atoms with Gasteiger partial charge in [-0.25, -0.2) is 0 Å². The largest absolute Gasteiger partial charge is 0.489 e. The molecule has 2 nitrogen and oxygen atoms in total. The molecule has 0 aromatic rings. The van der Waals surface area contributed by atoms with Crippen LogP contribution in [0.25, 0.3) is 0 Å². The van der Waals surface area contributed by atoms with E-state index in [1.54, 1.807) is 0 Å². The lowest BCUT2D eigenvalue weighted by molar-refractivity contribution is -0.136. The predicted molar refractivity (Wildman–Crippen MR) is 48.9 cm³/mol. The van der Waals surface area contributed by atoms with Crippen molar-refractivity contribution in [3.63, 3.8) is 0 Å². The minimum Gasteiger partial charge on any atom is -0.489 e. The highest BCUT2D eigenvalue weighted by Gasteiger charge is 2.37. The molecule has 12 heavy (non-hydrogen) atoms. The van der Waals surface area contributed by atoms with Gasteiger partial charge >= 0.3 is 0 Å². The summed E-state index contributed by atoms with van der Waals surface area (Å²) in [5.41, 5.74) is 0. The van der Waals surface area contributed by atoms with E-state index in [1.165, 1.54) is 0 Å². The zero-order chi connectivity index (χ0) is 9.14. The summed E-state index contributed by atoms with van der Waals surface area (Å²) in [4.78, 5) is 0. The molecule has 1 fully saturated rings. The third-order valence-electron chi connectivity index (χ3n) is 2.01. The second kappa shape index (κ2) is 3.94. The molecule has 0 N–H and O–H groups in total. The minimum atomic E-state index is 0.150. The van der Waals surface area contributed by atoms with Crippen molar-refractivity contribution in [3.8, 4) is 0 Å². The molecule has 0 aromatic carbocycles. The molecule has 0 spiro atoms. The molecule has 0 aliphatic carbocycles. The Bertz CT molecular complexity index is 163. The van der Waals surface area contributed by atoms with Crippen molar-refractivity contribution in [1.82, 2.24) is 0 Å². The Labute approximate surface area is 74.6 Å². The summed E-state index contributed by atoms with van der Waals surface area (Å²) in [5.74, 6) is 1.45. The van der Waals surface area contributed by atoms with Gasteiger partial charge in [0.2, 0.25) is 0 Å². The SMILES string of the molecule is C=C1OC(CC(C)C)C1OCC. The van der Waals surface area contributed by atoms with Gasteiger partial charge in [-0.15, -0.1) is 0 Å². The molecule has 0 aromatic heterocycles. The highest BCUT2D eigenvalue weighted by molar-refractivity contribution is 5.07. The molecule has 0 radical (unpaired) electrons. The van der Waals surface area contributed by atoms with Crippen molar-refractivity contribution in [2.24, 2.45) is 5.92 Å². The summed E-state index contributed by atoms with van der Waals surface area (Å²) in [7, 11) is 0. The molecule has 2 atom stereocenters. The summed E-state index contributed by atoms with van der Waals surface area (Å²) >= 11 is 0. The van der Waals surface area contributed by atoms with Crippen molar-refractivity contribution >= 4 is 0 Å². The highest BCUT2D eigenvalue weighted by Crippen LogP contribution is 2.31. The molecule has 0 bridgehead atoms. The molecule has 2 heteroatoms. The third kappa shape index (κ3) is 2.01. The lowest BCUT2D eigenvalue weighted by Crippen LogP contribution is -2.44. The molecule has 0 amide bonds. The van der Waals surface area contributed by atoms with Gasteiger partial charge in [-0.05, 0) is 19.3 Å². The summed E-state index contributed by atoms with van der Waals surface area (Å²) in [6.07, 6.45) is 1.46. The Balaban J connectivity index is 2.32. The van der Waals surface area contributed by atoms with Crippen LogP contribution in [0.15, 0.2) is 12.3 Å². The van der Waals surface area contributed by atoms with E-state index in [4.69, 9.17) is 9.47 Å². The van der Waals surface area contributed by atoms with E-state index in [2.05, 4.69) is 20.4 Å².